The van der Waals surface area contributed by atoms with E-state index in [1.54, 1.807) is 18.3 Å². The maximum Gasteiger partial charge on any atom is 0.345 e. The molecule has 0 bridgehead atoms. The van der Waals surface area contributed by atoms with Gasteiger partial charge in [0.2, 0.25) is 5.91 Å². The third-order valence-corrected chi connectivity index (χ3v) is 4.92. The monoisotopic (exact) mass is 345 g/mol. The Morgan fingerprint density at radius 1 is 1.33 bits per heavy atom. The van der Waals surface area contributed by atoms with Crippen molar-refractivity contribution in [3.05, 3.63) is 50.4 Å². The quantitative estimate of drug-likeness (QED) is 0.735. The molecule has 0 saturated carbocycles. The Morgan fingerprint density at radius 2 is 2.12 bits per heavy atom. The van der Waals surface area contributed by atoms with Gasteiger partial charge in [-0.25, -0.2) is 9.78 Å². The summed E-state index contributed by atoms with van der Waals surface area (Å²) >= 11 is 1.58. The van der Waals surface area contributed by atoms with Crippen LogP contribution in [0.2, 0.25) is 0 Å². The topological polar surface area (TPSA) is 92.1 Å². The van der Waals surface area contributed by atoms with Crippen molar-refractivity contribution in [3.8, 4) is 0 Å². The number of amides is 1. The highest BCUT2D eigenvalue weighted by Gasteiger charge is 2.10. The summed E-state index contributed by atoms with van der Waals surface area (Å²) in [5.74, 6) is -0.0481. The molecule has 2 N–H and O–H groups in total. The fourth-order valence-electron chi connectivity index (χ4n) is 2.66. The van der Waals surface area contributed by atoms with E-state index < -0.39 is 0 Å². The number of nitrogens with one attached hydrogen (secondary N) is 2. The molecule has 3 aromatic rings. The van der Waals surface area contributed by atoms with Crippen LogP contribution < -0.4 is 11.0 Å². The number of H-pyrrole nitrogens is 1. The van der Waals surface area contributed by atoms with E-state index in [-0.39, 0.29) is 11.6 Å². The van der Waals surface area contributed by atoms with Crippen LogP contribution >= 0.6 is 11.3 Å². The summed E-state index contributed by atoms with van der Waals surface area (Å²) in [6.07, 6.45) is 2.84. The van der Waals surface area contributed by atoms with E-state index >= 15 is 0 Å². The van der Waals surface area contributed by atoms with Crippen LogP contribution in [0.5, 0.6) is 0 Å². The van der Waals surface area contributed by atoms with Gasteiger partial charge in [-0.1, -0.05) is 0 Å². The molecule has 3 aromatic heterocycles. The van der Waals surface area contributed by atoms with Gasteiger partial charge >= 0.3 is 5.69 Å². The molecule has 24 heavy (non-hydrogen) atoms. The predicted molar refractivity (Wildman–Crippen MR) is 92.3 cm³/mol. The third-order valence-electron chi connectivity index (χ3n) is 3.96. The highest BCUT2D eigenvalue weighted by molar-refractivity contribution is 7.15. The molecule has 3 rings (SSSR count). The summed E-state index contributed by atoms with van der Waals surface area (Å²) in [5.41, 5.74) is 3.99. The van der Waals surface area contributed by atoms with E-state index in [0.717, 1.165) is 27.6 Å². The standard InChI is InChI=1S/C16H19N5O2S/c1-9-8-24-16-20-12(7-21(9)16)6-17-14(22)5-4-13-10(2)18-15(23)19-11(13)3/h7-8H,4-6H2,1-3H3,(H,17,22)(H,18,19,23). The lowest BCUT2D eigenvalue weighted by atomic mass is 10.1. The van der Waals surface area contributed by atoms with E-state index in [9.17, 15) is 9.59 Å². The van der Waals surface area contributed by atoms with Crippen molar-refractivity contribution < 1.29 is 4.79 Å². The van der Waals surface area contributed by atoms with Gasteiger partial charge in [-0.2, -0.15) is 4.98 Å². The summed E-state index contributed by atoms with van der Waals surface area (Å²) in [6.45, 7) is 6.05. The van der Waals surface area contributed by atoms with Crippen LogP contribution in [0.4, 0.5) is 0 Å². The number of fused-ring (bicyclic) bond motifs is 1. The number of thiazole rings is 1. The van der Waals surface area contributed by atoms with Gasteiger partial charge in [-0.15, -0.1) is 11.3 Å². The second-order valence-electron chi connectivity index (χ2n) is 5.77. The molecule has 0 fully saturated rings. The molecule has 0 aliphatic rings. The van der Waals surface area contributed by atoms with Crippen molar-refractivity contribution in [2.24, 2.45) is 0 Å². The molecule has 0 aliphatic carbocycles. The van der Waals surface area contributed by atoms with E-state index in [0.29, 0.717) is 25.1 Å². The Bertz CT molecular complexity index is 927. The predicted octanol–water partition coefficient (Wildman–Crippen LogP) is 1.65. The number of carbonyl (C=O) groups is 1. The van der Waals surface area contributed by atoms with E-state index in [2.05, 4.69) is 20.3 Å². The number of hydrogen-bond acceptors (Lipinski definition) is 5. The molecule has 0 aromatic carbocycles. The summed E-state index contributed by atoms with van der Waals surface area (Å²) in [7, 11) is 0. The molecule has 0 radical (unpaired) electrons. The van der Waals surface area contributed by atoms with Gasteiger partial charge in [-0.3, -0.25) is 9.20 Å². The molecule has 0 saturated heterocycles. The first-order valence-electron chi connectivity index (χ1n) is 7.69. The average molecular weight is 345 g/mol. The number of carbonyl (C=O) groups excluding carboxylic acids is 1. The number of rotatable bonds is 5. The van der Waals surface area contributed by atoms with Gasteiger partial charge < -0.3 is 10.3 Å². The number of aromatic amines is 1. The lowest BCUT2D eigenvalue weighted by Gasteiger charge is -2.08. The number of nitrogens with zero attached hydrogens (tertiary/aromatic N) is 3. The second kappa shape index (κ2) is 6.56. The van der Waals surface area contributed by atoms with Crippen LogP contribution in [0.15, 0.2) is 16.4 Å². The molecule has 0 aliphatic heterocycles. The lowest BCUT2D eigenvalue weighted by Crippen LogP contribution is -2.24. The first kappa shape index (κ1) is 16.4. The fraction of sp³-hybridized carbons (Fsp3) is 0.375. The highest BCUT2D eigenvalue weighted by atomic mass is 32.1. The number of hydrogen-bond donors (Lipinski definition) is 2. The minimum absolute atomic E-state index is 0.0481. The van der Waals surface area contributed by atoms with Crippen molar-refractivity contribution in [2.75, 3.05) is 0 Å². The van der Waals surface area contributed by atoms with Crippen molar-refractivity contribution >= 4 is 22.2 Å². The van der Waals surface area contributed by atoms with E-state index in [1.165, 1.54) is 0 Å². The van der Waals surface area contributed by atoms with Gasteiger partial charge in [0.15, 0.2) is 4.96 Å². The van der Waals surface area contributed by atoms with Crippen LogP contribution in [-0.4, -0.2) is 25.3 Å². The van der Waals surface area contributed by atoms with Gasteiger partial charge in [0, 0.05) is 35.1 Å². The molecule has 1 amide bonds. The summed E-state index contributed by atoms with van der Waals surface area (Å²) in [4.78, 5) is 35.3. The first-order chi connectivity index (χ1) is 11.4. The molecule has 0 spiro atoms. The van der Waals surface area contributed by atoms with Crippen molar-refractivity contribution in [2.45, 2.75) is 40.2 Å². The van der Waals surface area contributed by atoms with Gasteiger partial charge in [0.25, 0.3) is 0 Å². The fourth-order valence-corrected chi connectivity index (χ4v) is 3.53. The molecular weight excluding hydrogens is 326 g/mol. The van der Waals surface area contributed by atoms with E-state index in [1.807, 2.05) is 29.8 Å². The van der Waals surface area contributed by atoms with Crippen LogP contribution in [0.3, 0.4) is 0 Å². The lowest BCUT2D eigenvalue weighted by molar-refractivity contribution is -0.121. The molecule has 126 valence electrons. The van der Waals surface area contributed by atoms with Gasteiger partial charge in [-0.05, 0) is 32.8 Å². The third kappa shape index (κ3) is 3.38. The Kier molecular flexibility index (Phi) is 4.48. The van der Waals surface area contributed by atoms with Crippen molar-refractivity contribution in [3.63, 3.8) is 0 Å². The minimum atomic E-state index is -0.353. The minimum Gasteiger partial charge on any atom is -0.350 e. The van der Waals surface area contributed by atoms with Crippen LogP contribution in [0, 0.1) is 20.8 Å². The molecule has 8 heteroatoms. The normalized spacial score (nSPS) is 11.1. The Hall–Kier alpha value is -2.48. The molecule has 0 unspecified atom stereocenters. The first-order valence-corrected chi connectivity index (χ1v) is 8.57. The Balaban J connectivity index is 1.57. The van der Waals surface area contributed by atoms with Gasteiger partial charge in [0.1, 0.15) is 0 Å². The number of aromatic nitrogens is 4. The zero-order valence-electron chi connectivity index (χ0n) is 13.8. The van der Waals surface area contributed by atoms with Crippen LogP contribution in [-0.2, 0) is 17.8 Å². The SMILES string of the molecule is Cc1nc(=O)[nH]c(C)c1CCC(=O)NCc1cn2c(C)csc2n1. The number of imidazole rings is 1. The largest absolute Gasteiger partial charge is 0.350 e. The Morgan fingerprint density at radius 3 is 2.83 bits per heavy atom. The molecule has 7 nitrogen and oxygen atoms in total. The van der Waals surface area contributed by atoms with Crippen molar-refractivity contribution in [1.82, 2.24) is 24.7 Å². The molecule has 3 heterocycles. The molecular formula is C16H19N5O2S. The molecule has 0 atom stereocenters. The second-order valence-corrected chi connectivity index (χ2v) is 6.61. The van der Waals surface area contributed by atoms with Crippen molar-refractivity contribution in [1.29, 1.82) is 0 Å². The van der Waals surface area contributed by atoms with Crippen LogP contribution in [0.25, 0.3) is 4.96 Å². The maximum absolute atomic E-state index is 12.1. The number of aryl methyl sites for hydroxylation is 3. The summed E-state index contributed by atoms with van der Waals surface area (Å²) in [6, 6.07) is 0. The highest BCUT2D eigenvalue weighted by Crippen LogP contribution is 2.15. The smallest absolute Gasteiger partial charge is 0.345 e. The zero-order chi connectivity index (χ0) is 17.3. The average Bonchev–Trinajstić information content (AvgIpc) is 3.06. The van der Waals surface area contributed by atoms with Gasteiger partial charge in [0.05, 0.1) is 12.2 Å². The van der Waals surface area contributed by atoms with Crippen LogP contribution in [0.1, 0.15) is 34.8 Å². The van der Waals surface area contributed by atoms with E-state index in [4.69, 9.17) is 0 Å². The Labute approximate surface area is 142 Å². The summed E-state index contributed by atoms with van der Waals surface area (Å²) < 4.78 is 2.02. The summed E-state index contributed by atoms with van der Waals surface area (Å²) in [5, 5.41) is 4.94. The maximum atomic E-state index is 12.1. The zero-order valence-corrected chi connectivity index (χ0v) is 14.7.